The molecule has 0 aromatic heterocycles. The molecule has 5 aliphatic carbocycles. The van der Waals surface area contributed by atoms with Crippen molar-refractivity contribution in [2.75, 3.05) is 6.07 Å². The number of fused-ring (bicyclic) bond motifs is 5. The van der Waals surface area contributed by atoms with Gasteiger partial charge >= 0.3 is 12.1 Å². The second-order valence-electron chi connectivity index (χ2n) is 12.2. The van der Waals surface area contributed by atoms with Crippen LogP contribution in [0.1, 0.15) is 90.9 Å². The quantitative estimate of drug-likeness (QED) is 0.387. The summed E-state index contributed by atoms with van der Waals surface area (Å²) in [6.45, 7) is 4.15. The monoisotopic (exact) mass is 522 g/mol. The Morgan fingerprint density at radius 1 is 1.08 bits per heavy atom. The van der Waals surface area contributed by atoms with Crippen LogP contribution in [0.15, 0.2) is 11.6 Å². The van der Waals surface area contributed by atoms with Gasteiger partial charge in [0.25, 0.3) is 0 Å². The summed E-state index contributed by atoms with van der Waals surface area (Å²) in [6, 6.07) is -0.336. The van der Waals surface area contributed by atoms with Crippen LogP contribution in [0.2, 0.25) is 0 Å². The van der Waals surface area contributed by atoms with Crippen LogP contribution in [-0.2, 0) is 23.8 Å². The first-order chi connectivity index (χ1) is 17.1. The second-order valence-corrected chi connectivity index (χ2v) is 12.4. The summed E-state index contributed by atoms with van der Waals surface area (Å²) in [5, 5.41) is 11.7. The number of carbonyl (C=O) groups is 3. The second kappa shape index (κ2) is 9.61. The molecule has 4 saturated carbocycles. The van der Waals surface area contributed by atoms with E-state index in [0.717, 1.165) is 56.9 Å². The van der Waals surface area contributed by atoms with Crippen molar-refractivity contribution in [2.45, 2.75) is 109 Å². The van der Waals surface area contributed by atoms with E-state index in [9.17, 15) is 19.5 Å². The van der Waals surface area contributed by atoms with Gasteiger partial charge in [-0.25, -0.2) is 9.59 Å². The number of aliphatic hydroxyl groups is 1. The van der Waals surface area contributed by atoms with Gasteiger partial charge in [-0.3, -0.25) is 4.79 Å². The molecule has 4 fully saturated rings. The van der Waals surface area contributed by atoms with Crippen molar-refractivity contribution >= 4 is 29.5 Å². The minimum absolute atomic E-state index is 0.00212. The summed E-state index contributed by atoms with van der Waals surface area (Å²) in [7, 11) is 0. The number of esters is 1. The number of halogens is 1. The normalized spacial score (nSPS) is 42.4. The molecule has 1 N–H and O–H groups in total. The van der Waals surface area contributed by atoms with E-state index >= 15 is 0 Å². The molecule has 7 atom stereocenters. The fourth-order valence-electron chi connectivity index (χ4n) is 8.87. The lowest BCUT2D eigenvalue weighted by molar-refractivity contribution is -0.203. The Bertz CT molecular complexity index is 942. The molecule has 0 saturated heterocycles. The molecule has 8 heteroatoms. The van der Waals surface area contributed by atoms with Crippen molar-refractivity contribution in [3.05, 3.63) is 11.6 Å². The number of ketones is 1. The molecule has 5 rings (SSSR count). The first-order valence-electron chi connectivity index (χ1n) is 13.7. The number of carbonyl (C=O) groups excluding carboxylic acids is 3. The zero-order valence-corrected chi connectivity index (χ0v) is 22.2. The number of ether oxygens (including phenoxy) is 3. The molecule has 0 aromatic carbocycles. The summed E-state index contributed by atoms with van der Waals surface area (Å²) >= 11 is 5.80. The van der Waals surface area contributed by atoms with Crippen LogP contribution >= 0.6 is 11.6 Å². The third-order valence-electron chi connectivity index (χ3n) is 10.6. The van der Waals surface area contributed by atoms with E-state index < -0.39 is 29.2 Å². The predicted molar refractivity (Wildman–Crippen MR) is 132 cm³/mol. The van der Waals surface area contributed by atoms with Crippen molar-refractivity contribution in [2.24, 2.45) is 28.6 Å². The Balaban J connectivity index is 1.45. The van der Waals surface area contributed by atoms with E-state index in [1.165, 1.54) is 0 Å². The van der Waals surface area contributed by atoms with Crippen molar-refractivity contribution in [1.29, 1.82) is 0 Å². The Morgan fingerprint density at radius 3 is 2.56 bits per heavy atom. The summed E-state index contributed by atoms with van der Waals surface area (Å²) in [6.07, 6.45) is 9.02. The topological polar surface area (TPSA) is 99.1 Å². The molecular formula is C28H39ClO7. The van der Waals surface area contributed by atoms with Gasteiger partial charge in [-0.15, -0.1) is 0 Å². The highest BCUT2D eigenvalue weighted by Crippen LogP contribution is 2.68. The van der Waals surface area contributed by atoms with Gasteiger partial charge < -0.3 is 19.3 Å². The average molecular weight is 523 g/mol. The van der Waals surface area contributed by atoms with Gasteiger partial charge in [-0.2, -0.15) is 0 Å². The number of alkyl halides is 1. The minimum Gasteiger partial charge on any atom is -0.446 e. The van der Waals surface area contributed by atoms with Crippen molar-refractivity contribution < 1.29 is 33.7 Å². The van der Waals surface area contributed by atoms with Gasteiger partial charge in [0.2, 0.25) is 5.60 Å². The van der Waals surface area contributed by atoms with Gasteiger partial charge in [0.05, 0.1) is 6.10 Å². The van der Waals surface area contributed by atoms with Gasteiger partial charge in [-0.1, -0.05) is 37.4 Å². The average Bonchev–Trinajstić information content (AvgIpc) is 3.12. The standard InChI is InChI=1S/C28H39ClO7/c1-26-12-10-18(30)14-17(26)8-9-20-21-11-13-28(24(32)34-16-29,27(21,2)15-22(31)23(20)26)36-25(33)35-19-6-4-3-5-7-19/h14,19-23,31H,3-13,15-16H2,1-2H3/t20-,21-,22?,23-,26-,27-,28?/m0/s1. The number of allylic oxidation sites excluding steroid dienone is 1. The molecule has 5 aliphatic rings. The number of hydrogen-bond donors (Lipinski definition) is 1. The third kappa shape index (κ3) is 4.00. The molecule has 36 heavy (non-hydrogen) atoms. The first kappa shape index (κ1) is 26.0. The Morgan fingerprint density at radius 2 is 1.83 bits per heavy atom. The zero-order chi connectivity index (χ0) is 25.7. The smallest absolute Gasteiger partial charge is 0.446 e. The van der Waals surface area contributed by atoms with E-state index in [1.54, 1.807) is 6.08 Å². The maximum absolute atomic E-state index is 13.5. The van der Waals surface area contributed by atoms with E-state index in [1.807, 2.05) is 6.92 Å². The molecule has 0 aliphatic heterocycles. The Kier molecular flexibility index (Phi) is 6.95. The van der Waals surface area contributed by atoms with E-state index in [0.29, 0.717) is 25.7 Å². The highest BCUT2D eigenvalue weighted by atomic mass is 35.5. The summed E-state index contributed by atoms with van der Waals surface area (Å²) < 4.78 is 16.9. The molecule has 0 radical (unpaired) electrons. The predicted octanol–water partition coefficient (Wildman–Crippen LogP) is 5.45. The van der Waals surface area contributed by atoms with Crippen LogP contribution in [0.25, 0.3) is 0 Å². The lowest BCUT2D eigenvalue weighted by atomic mass is 9.45. The van der Waals surface area contributed by atoms with Gasteiger partial charge in [0, 0.05) is 11.8 Å². The lowest BCUT2D eigenvalue weighted by Gasteiger charge is -2.60. The minimum atomic E-state index is -1.55. The summed E-state index contributed by atoms with van der Waals surface area (Å²) in [4.78, 5) is 38.7. The molecule has 0 aromatic rings. The largest absolute Gasteiger partial charge is 0.509 e. The molecule has 200 valence electrons. The highest BCUT2D eigenvalue weighted by molar-refractivity contribution is 6.17. The fourth-order valence-corrected chi connectivity index (χ4v) is 8.97. The molecule has 2 unspecified atom stereocenters. The zero-order valence-electron chi connectivity index (χ0n) is 21.4. The summed E-state index contributed by atoms with van der Waals surface area (Å²) in [5.74, 6) is -0.271. The molecule has 7 nitrogen and oxygen atoms in total. The van der Waals surface area contributed by atoms with Crippen LogP contribution in [0.3, 0.4) is 0 Å². The Hall–Kier alpha value is -1.60. The maximum Gasteiger partial charge on any atom is 0.509 e. The van der Waals surface area contributed by atoms with Crippen LogP contribution in [-0.4, -0.2) is 46.9 Å². The molecule has 0 amide bonds. The number of hydrogen-bond acceptors (Lipinski definition) is 7. The summed E-state index contributed by atoms with van der Waals surface area (Å²) in [5.41, 5.74) is -1.45. The van der Waals surface area contributed by atoms with Gasteiger partial charge in [0.15, 0.2) is 11.8 Å². The molecule has 0 bridgehead atoms. The van der Waals surface area contributed by atoms with Crippen LogP contribution in [0, 0.1) is 28.6 Å². The van der Waals surface area contributed by atoms with E-state index in [-0.39, 0.29) is 41.1 Å². The third-order valence-corrected chi connectivity index (χ3v) is 10.7. The molecule has 0 spiro atoms. The number of aliphatic hydroxyl groups excluding tert-OH is 1. The number of rotatable bonds is 4. The van der Waals surface area contributed by atoms with E-state index in [2.05, 4.69) is 6.92 Å². The van der Waals surface area contributed by atoms with E-state index in [4.69, 9.17) is 25.8 Å². The van der Waals surface area contributed by atoms with Gasteiger partial charge in [0.1, 0.15) is 6.10 Å². The lowest BCUT2D eigenvalue weighted by Crippen LogP contribution is -2.63. The molecule has 0 heterocycles. The van der Waals surface area contributed by atoms with Crippen molar-refractivity contribution in [3.63, 3.8) is 0 Å². The fraction of sp³-hybridized carbons (Fsp3) is 0.821. The van der Waals surface area contributed by atoms with Crippen LogP contribution < -0.4 is 0 Å². The SMILES string of the molecule is C[C@]12CCC(=O)C=C1CC[C@@H]1[C@H]2C(O)C[C@@]2(C)[C@H]1CCC2(OC(=O)OC1CCCCC1)C(=O)OCCl. The Labute approximate surface area is 218 Å². The van der Waals surface area contributed by atoms with Gasteiger partial charge in [-0.05, 0) is 93.5 Å². The maximum atomic E-state index is 13.5. The van der Waals surface area contributed by atoms with Crippen molar-refractivity contribution in [3.8, 4) is 0 Å². The van der Waals surface area contributed by atoms with Crippen molar-refractivity contribution in [1.82, 2.24) is 0 Å². The first-order valence-corrected chi connectivity index (χ1v) is 14.2. The highest BCUT2D eigenvalue weighted by Gasteiger charge is 2.71. The van der Waals surface area contributed by atoms with Crippen LogP contribution in [0.4, 0.5) is 4.79 Å². The van der Waals surface area contributed by atoms with Crippen LogP contribution in [0.5, 0.6) is 0 Å². The molecular weight excluding hydrogens is 484 g/mol.